The summed E-state index contributed by atoms with van der Waals surface area (Å²) in [5.74, 6) is -0.0322. The van der Waals surface area contributed by atoms with Crippen LogP contribution in [0.15, 0.2) is 41.9 Å². The molecule has 116 valence electrons. The molecule has 0 fully saturated rings. The molecule has 2 heterocycles. The van der Waals surface area contributed by atoms with Crippen LogP contribution in [0.4, 0.5) is 5.69 Å². The van der Waals surface area contributed by atoms with Crippen molar-refractivity contribution in [2.45, 2.75) is 11.9 Å². The van der Waals surface area contributed by atoms with Crippen LogP contribution < -0.4 is 5.32 Å². The lowest BCUT2D eigenvalue weighted by molar-refractivity contribution is -0.113. The number of hydrogen-bond donors (Lipinski definition) is 2. The molecule has 0 aliphatic carbocycles. The summed E-state index contributed by atoms with van der Waals surface area (Å²) < 4.78 is 0. The van der Waals surface area contributed by atoms with Crippen molar-refractivity contribution < 1.29 is 9.59 Å². The molecule has 3 rings (SSSR count). The van der Waals surface area contributed by atoms with Crippen LogP contribution in [0.5, 0.6) is 0 Å². The molecule has 0 aliphatic rings. The number of imidazole rings is 1. The van der Waals surface area contributed by atoms with Crippen LogP contribution in [0.1, 0.15) is 17.3 Å². The summed E-state index contributed by atoms with van der Waals surface area (Å²) in [5, 5.41) is 3.43. The number of carbonyl (C=O) groups is 2. The van der Waals surface area contributed by atoms with E-state index in [0.717, 1.165) is 0 Å². The molecule has 0 aliphatic heterocycles. The standard InChI is InChI=1S/C15H13N5O2S/c1-9(21)10-3-2-4-11(5-10)20-12(22)6-23-15-13-14(17-7-16-13)18-8-19-15/h2-5,7-8H,6H2,1H3,(H,20,22)(H,16,17,18,19). The molecule has 1 amide bonds. The van der Waals surface area contributed by atoms with Crippen molar-refractivity contribution in [3.63, 3.8) is 0 Å². The number of nitrogens with zero attached hydrogens (tertiary/aromatic N) is 3. The minimum Gasteiger partial charge on any atom is -0.341 e. The van der Waals surface area contributed by atoms with E-state index in [4.69, 9.17) is 0 Å². The van der Waals surface area contributed by atoms with E-state index in [1.165, 1.54) is 31.3 Å². The molecular weight excluding hydrogens is 314 g/mol. The molecule has 1 aromatic carbocycles. The molecule has 23 heavy (non-hydrogen) atoms. The lowest BCUT2D eigenvalue weighted by Gasteiger charge is -2.06. The molecule has 0 bridgehead atoms. The van der Waals surface area contributed by atoms with Crippen LogP contribution in [-0.2, 0) is 4.79 Å². The molecule has 7 nitrogen and oxygen atoms in total. The number of H-pyrrole nitrogens is 1. The zero-order valence-corrected chi connectivity index (χ0v) is 13.1. The van der Waals surface area contributed by atoms with Gasteiger partial charge in [-0.15, -0.1) is 0 Å². The van der Waals surface area contributed by atoms with Gasteiger partial charge < -0.3 is 10.3 Å². The van der Waals surface area contributed by atoms with Crippen molar-refractivity contribution in [1.82, 2.24) is 19.9 Å². The van der Waals surface area contributed by atoms with E-state index in [1.54, 1.807) is 24.3 Å². The number of aromatic nitrogens is 4. The van der Waals surface area contributed by atoms with E-state index in [2.05, 4.69) is 25.3 Å². The molecule has 2 aromatic heterocycles. The van der Waals surface area contributed by atoms with Gasteiger partial charge in [0.05, 0.1) is 12.1 Å². The van der Waals surface area contributed by atoms with Crippen LogP contribution in [0.25, 0.3) is 11.2 Å². The van der Waals surface area contributed by atoms with E-state index in [0.29, 0.717) is 27.4 Å². The number of benzene rings is 1. The average Bonchev–Trinajstić information content (AvgIpc) is 3.02. The van der Waals surface area contributed by atoms with Gasteiger partial charge in [0.2, 0.25) is 5.91 Å². The van der Waals surface area contributed by atoms with Crippen LogP contribution in [0, 0.1) is 0 Å². The lowest BCUT2D eigenvalue weighted by Crippen LogP contribution is -2.14. The number of carbonyl (C=O) groups excluding carboxylic acids is 2. The van der Waals surface area contributed by atoms with Crippen molar-refractivity contribution in [3.05, 3.63) is 42.5 Å². The fraction of sp³-hybridized carbons (Fsp3) is 0.133. The number of fused-ring (bicyclic) bond motifs is 1. The number of aromatic amines is 1. The topological polar surface area (TPSA) is 101 Å². The number of nitrogens with one attached hydrogen (secondary N) is 2. The lowest BCUT2D eigenvalue weighted by atomic mass is 10.1. The number of rotatable bonds is 5. The van der Waals surface area contributed by atoms with E-state index in [9.17, 15) is 9.59 Å². The highest BCUT2D eigenvalue weighted by Crippen LogP contribution is 2.22. The van der Waals surface area contributed by atoms with Crippen LogP contribution in [0.3, 0.4) is 0 Å². The maximum atomic E-state index is 12.1. The maximum Gasteiger partial charge on any atom is 0.234 e. The van der Waals surface area contributed by atoms with E-state index >= 15 is 0 Å². The first-order chi connectivity index (χ1) is 11.1. The number of Topliss-reactive ketones (excluding diaryl/α,β-unsaturated/α-hetero) is 1. The molecule has 0 saturated carbocycles. The van der Waals surface area contributed by atoms with Gasteiger partial charge in [-0.05, 0) is 19.1 Å². The fourth-order valence-corrected chi connectivity index (χ4v) is 2.76. The highest BCUT2D eigenvalue weighted by Gasteiger charge is 2.10. The Balaban J connectivity index is 1.65. The predicted octanol–water partition coefficient (Wildman–Crippen LogP) is 2.29. The molecular formula is C15H13N5O2S. The molecule has 3 aromatic rings. The van der Waals surface area contributed by atoms with E-state index in [1.807, 2.05) is 0 Å². The smallest absolute Gasteiger partial charge is 0.234 e. The third-order valence-electron chi connectivity index (χ3n) is 3.08. The Morgan fingerprint density at radius 2 is 2.13 bits per heavy atom. The minimum atomic E-state index is -0.179. The first kappa shape index (κ1) is 15.2. The molecule has 8 heteroatoms. The Kier molecular flexibility index (Phi) is 4.33. The largest absolute Gasteiger partial charge is 0.341 e. The van der Waals surface area contributed by atoms with Gasteiger partial charge in [0.1, 0.15) is 16.9 Å². The molecule has 0 saturated heterocycles. The van der Waals surface area contributed by atoms with Crippen molar-refractivity contribution in [2.24, 2.45) is 0 Å². The number of anilines is 1. The van der Waals surface area contributed by atoms with Gasteiger partial charge in [0, 0.05) is 11.3 Å². The summed E-state index contributed by atoms with van der Waals surface area (Å²) >= 11 is 1.29. The second-order valence-electron chi connectivity index (χ2n) is 4.75. The Morgan fingerprint density at radius 1 is 1.26 bits per heavy atom. The van der Waals surface area contributed by atoms with Gasteiger partial charge in [0.15, 0.2) is 11.4 Å². The summed E-state index contributed by atoms with van der Waals surface area (Å²) in [6.45, 7) is 1.49. The van der Waals surface area contributed by atoms with Crippen LogP contribution >= 0.6 is 11.8 Å². The number of amides is 1. The predicted molar refractivity (Wildman–Crippen MR) is 87.5 cm³/mol. The van der Waals surface area contributed by atoms with Crippen molar-refractivity contribution in [3.8, 4) is 0 Å². The van der Waals surface area contributed by atoms with Crippen molar-refractivity contribution in [2.75, 3.05) is 11.1 Å². The zero-order valence-electron chi connectivity index (χ0n) is 12.2. The molecule has 2 N–H and O–H groups in total. The summed E-state index contributed by atoms with van der Waals surface area (Å²) in [6, 6.07) is 6.84. The first-order valence-electron chi connectivity index (χ1n) is 6.81. The average molecular weight is 327 g/mol. The van der Waals surface area contributed by atoms with Gasteiger partial charge in [-0.3, -0.25) is 9.59 Å². The molecule has 0 spiro atoms. The molecule has 0 radical (unpaired) electrons. The number of thioether (sulfide) groups is 1. The number of hydrogen-bond acceptors (Lipinski definition) is 6. The summed E-state index contributed by atoms with van der Waals surface area (Å²) in [5.41, 5.74) is 2.43. The fourth-order valence-electron chi connectivity index (χ4n) is 2.00. The van der Waals surface area contributed by atoms with Gasteiger partial charge in [-0.1, -0.05) is 23.9 Å². The quantitative estimate of drug-likeness (QED) is 0.423. The normalized spacial score (nSPS) is 10.7. The van der Waals surface area contributed by atoms with Gasteiger partial charge >= 0.3 is 0 Å². The Labute approximate surface area is 135 Å². The Bertz CT molecular complexity index is 877. The molecule has 0 unspecified atom stereocenters. The molecule has 0 atom stereocenters. The second kappa shape index (κ2) is 6.57. The van der Waals surface area contributed by atoms with E-state index in [-0.39, 0.29) is 17.4 Å². The second-order valence-corrected chi connectivity index (χ2v) is 5.72. The van der Waals surface area contributed by atoms with Gasteiger partial charge in [-0.2, -0.15) is 0 Å². The van der Waals surface area contributed by atoms with E-state index < -0.39 is 0 Å². The highest BCUT2D eigenvalue weighted by molar-refractivity contribution is 8.00. The highest BCUT2D eigenvalue weighted by atomic mass is 32.2. The van der Waals surface area contributed by atoms with Crippen LogP contribution in [-0.4, -0.2) is 37.4 Å². The Morgan fingerprint density at radius 3 is 2.96 bits per heavy atom. The summed E-state index contributed by atoms with van der Waals surface area (Å²) in [6.07, 6.45) is 2.95. The summed E-state index contributed by atoms with van der Waals surface area (Å²) in [7, 11) is 0. The number of ketones is 1. The van der Waals surface area contributed by atoms with Gasteiger partial charge in [0.25, 0.3) is 0 Å². The van der Waals surface area contributed by atoms with Crippen molar-refractivity contribution in [1.29, 1.82) is 0 Å². The monoisotopic (exact) mass is 327 g/mol. The zero-order chi connectivity index (χ0) is 16.2. The first-order valence-corrected chi connectivity index (χ1v) is 7.80. The minimum absolute atomic E-state index is 0.0434. The van der Waals surface area contributed by atoms with Crippen LogP contribution in [0.2, 0.25) is 0 Å². The summed E-state index contributed by atoms with van der Waals surface area (Å²) in [4.78, 5) is 38.6. The Hall–Kier alpha value is -2.74. The third-order valence-corrected chi connectivity index (χ3v) is 4.07. The third kappa shape index (κ3) is 3.54. The maximum absolute atomic E-state index is 12.1. The van der Waals surface area contributed by atoms with Gasteiger partial charge in [-0.25, -0.2) is 15.0 Å². The SMILES string of the molecule is CC(=O)c1cccc(NC(=O)CSc2ncnc3nc[nH]c23)c1. The van der Waals surface area contributed by atoms with Crippen molar-refractivity contribution >= 4 is 40.3 Å².